The Kier molecular flexibility index (Phi) is 3.57. The van der Waals surface area contributed by atoms with E-state index in [4.69, 9.17) is 16.3 Å². The molecule has 0 saturated carbocycles. The molecule has 0 amide bonds. The zero-order valence-electron chi connectivity index (χ0n) is 11.7. The lowest BCUT2D eigenvalue weighted by molar-refractivity contribution is 0.190. The summed E-state index contributed by atoms with van der Waals surface area (Å²) in [5.74, 6) is 1.27. The first-order valence-corrected chi connectivity index (χ1v) is 6.98. The van der Waals surface area contributed by atoms with Crippen LogP contribution < -0.4 is 4.74 Å². The second-order valence-electron chi connectivity index (χ2n) is 4.85. The van der Waals surface area contributed by atoms with Gasteiger partial charge in [-0.25, -0.2) is 4.98 Å². The van der Waals surface area contributed by atoms with E-state index in [9.17, 15) is 5.11 Å². The maximum Gasteiger partial charge on any atom is 0.135 e. The summed E-state index contributed by atoms with van der Waals surface area (Å²) in [5.41, 5.74) is 3.44. The highest BCUT2D eigenvalue weighted by Gasteiger charge is 2.13. The van der Waals surface area contributed by atoms with Crippen LogP contribution in [0.25, 0.3) is 22.2 Å². The number of H-pyrrole nitrogens is 1. The van der Waals surface area contributed by atoms with Gasteiger partial charge in [0.2, 0.25) is 0 Å². The molecule has 2 aromatic carbocycles. The lowest BCUT2D eigenvalue weighted by Crippen LogP contribution is -1.92. The molecular formula is C16H15ClN2O2. The number of methoxy groups -OCH3 is 1. The summed E-state index contributed by atoms with van der Waals surface area (Å²) in [6.45, 7) is 1.68. The van der Waals surface area contributed by atoms with Crippen molar-refractivity contribution in [3.8, 4) is 16.9 Å². The van der Waals surface area contributed by atoms with E-state index in [0.717, 1.165) is 27.9 Å². The highest BCUT2D eigenvalue weighted by molar-refractivity contribution is 6.33. The molecule has 0 aliphatic rings. The Morgan fingerprint density at radius 2 is 2.10 bits per heavy atom. The predicted molar refractivity (Wildman–Crippen MR) is 83.7 cm³/mol. The van der Waals surface area contributed by atoms with Gasteiger partial charge in [-0.05, 0) is 36.8 Å². The van der Waals surface area contributed by atoms with Crippen molar-refractivity contribution >= 4 is 22.6 Å². The molecular weight excluding hydrogens is 288 g/mol. The van der Waals surface area contributed by atoms with Crippen LogP contribution in [0.1, 0.15) is 18.9 Å². The van der Waals surface area contributed by atoms with Crippen LogP contribution >= 0.6 is 11.6 Å². The summed E-state index contributed by atoms with van der Waals surface area (Å²) in [6, 6.07) is 11.4. The topological polar surface area (TPSA) is 58.1 Å². The Bertz CT molecular complexity index is 796. The second kappa shape index (κ2) is 5.39. The standard InChI is InChI=1S/C16H15ClN2O2/c1-9(20)16-18-12-7-6-10(8-13(12)19-16)15-11(17)4-3-5-14(15)21-2/h3-9,20H,1-2H3,(H,18,19)/t9-/m1/s1. The smallest absolute Gasteiger partial charge is 0.135 e. The summed E-state index contributed by atoms with van der Waals surface area (Å²) in [6.07, 6.45) is -0.629. The normalized spacial score (nSPS) is 12.6. The highest BCUT2D eigenvalue weighted by atomic mass is 35.5. The SMILES string of the molecule is COc1cccc(Cl)c1-c1ccc2nc([C@@H](C)O)[nH]c2c1. The Morgan fingerprint density at radius 3 is 2.81 bits per heavy atom. The third kappa shape index (κ3) is 2.48. The predicted octanol–water partition coefficient (Wildman–Crippen LogP) is 3.95. The number of aromatic amines is 1. The molecule has 0 aliphatic heterocycles. The van der Waals surface area contributed by atoms with E-state index in [1.807, 2.05) is 36.4 Å². The number of fused-ring (bicyclic) bond motifs is 1. The van der Waals surface area contributed by atoms with E-state index < -0.39 is 6.10 Å². The number of hydrogen-bond acceptors (Lipinski definition) is 3. The molecule has 0 saturated heterocycles. The Hall–Kier alpha value is -2.04. The Balaban J connectivity index is 2.17. The molecule has 0 radical (unpaired) electrons. The summed E-state index contributed by atoms with van der Waals surface area (Å²) < 4.78 is 5.39. The fourth-order valence-corrected chi connectivity index (χ4v) is 2.61. The molecule has 1 aromatic heterocycles. The summed E-state index contributed by atoms with van der Waals surface area (Å²) in [5, 5.41) is 10.2. The largest absolute Gasteiger partial charge is 0.496 e. The minimum Gasteiger partial charge on any atom is -0.496 e. The molecule has 0 bridgehead atoms. The van der Waals surface area contributed by atoms with Crippen LogP contribution in [-0.4, -0.2) is 22.2 Å². The van der Waals surface area contributed by atoms with Gasteiger partial charge in [-0.15, -0.1) is 0 Å². The lowest BCUT2D eigenvalue weighted by atomic mass is 10.0. The van der Waals surface area contributed by atoms with E-state index in [0.29, 0.717) is 10.8 Å². The van der Waals surface area contributed by atoms with E-state index in [-0.39, 0.29) is 0 Å². The van der Waals surface area contributed by atoms with Crippen LogP contribution in [0.3, 0.4) is 0 Å². The van der Waals surface area contributed by atoms with E-state index >= 15 is 0 Å². The average molecular weight is 303 g/mol. The first kappa shape index (κ1) is 13.9. The number of hydrogen-bond donors (Lipinski definition) is 2. The molecule has 2 N–H and O–H groups in total. The number of rotatable bonds is 3. The Morgan fingerprint density at radius 1 is 1.29 bits per heavy atom. The maximum atomic E-state index is 9.60. The van der Waals surface area contributed by atoms with Gasteiger partial charge >= 0.3 is 0 Å². The third-order valence-corrected chi connectivity index (χ3v) is 3.69. The maximum absolute atomic E-state index is 9.60. The third-order valence-electron chi connectivity index (χ3n) is 3.38. The van der Waals surface area contributed by atoms with Gasteiger partial charge in [-0.1, -0.05) is 23.7 Å². The molecule has 21 heavy (non-hydrogen) atoms. The van der Waals surface area contributed by atoms with Gasteiger partial charge in [0.1, 0.15) is 17.7 Å². The molecule has 5 heteroatoms. The van der Waals surface area contributed by atoms with Crippen LogP contribution in [0.5, 0.6) is 5.75 Å². The zero-order valence-corrected chi connectivity index (χ0v) is 12.5. The lowest BCUT2D eigenvalue weighted by Gasteiger charge is -2.10. The summed E-state index contributed by atoms with van der Waals surface area (Å²) >= 11 is 6.30. The molecule has 3 rings (SSSR count). The fraction of sp³-hybridized carbons (Fsp3) is 0.188. The van der Waals surface area contributed by atoms with Gasteiger partial charge in [-0.2, -0.15) is 0 Å². The quantitative estimate of drug-likeness (QED) is 0.770. The van der Waals surface area contributed by atoms with Crippen molar-refractivity contribution in [2.45, 2.75) is 13.0 Å². The first-order chi connectivity index (χ1) is 10.1. The molecule has 0 fully saturated rings. The van der Waals surface area contributed by atoms with E-state index in [1.165, 1.54) is 0 Å². The highest BCUT2D eigenvalue weighted by Crippen LogP contribution is 2.37. The number of aliphatic hydroxyl groups is 1. The number of imidazole rings is 1. The number of nitrogens with one attached hydrogen (secondary N) is 1. The van der Waals surface area contributed by atoms with Crippen LogP contribution in [0.15, 0.2) is 36.4 Å². The fourth-order valence-electron chi connectivity index (χ4n) is 2.34. The Labute approximate surface area is 127 Å². The van der Waals surface area contributed by atoms with Crippen LogP contribution in [0, 0.1) is 0 Å². The molecule has 0 spiro atoms. The van der Waals surface area contributed by atoms with Crippen LogP contribution in [0.2, 0.25) is 5.02 Å². The van der Waals surface area contributed by atoms with E-state index in [2.05, 4.69) is 9.97 Å². The molecule has 3 aromatic rings. The van der Waals surface area contributed by atoms with Crippen molar-refractivity contribution in [1.82, 2.24) is 9.97 Å². The number of nitrogens with zero attached hydrogens (tertiary/aromatic N) is 1. The van der Waals surface area contributed by atoms with Crippen LogP contribution in [0.4, 0.5) is 0 Å². The zero-order chi connectivity index (χ0) is 15.0. The first-order valence-electron chi connectivity index (χ1n) is 6.60. The minimum atomic E-state index is -0.629. The van der Waals surface area contributed by atoms with Crippen molar-refractivity contribution in [1.29, 1.82) is 0 Å². The number of aromatic nitrogens is 2. The molecule has 1 heterocycles. The van der Waals surface area contributed by atoms with Gasteiger partial charge in [0.15, 0.2) is 0 Å². The number of aliphatic hydroxyl groups excluding tert-OH is 1. The monoisotopic (exact) mass is 302 g/mol. The van der Waals surface area contributed by atoms with Crippen molar-refractivity contribution in [2.24, 2.45) is 0 Å². The van der Waals surface area contributed by atoms with Crippen molar-refractivity contribution in [3.05, 3.63) is 47.2 Å². The molecule has 1 atom stereocenters. The molecule has 0 aliphatic carbocycles. The number of benzene rings is 2. The number of halogens is 1. The van der Waals surface area contributed by atoms with Gasteiger partial charge < -0.3 is 14.8 Å². The minimum absolute atomic E-state index is 0.549. The second-order valence-corrected chi connectivity index (χ2v) is 5.25. The van der Waals surface area contributed by atoms with Gasteiger partial charge in [0.05, 0.1) is 23.2 Å². The van der Waals surface area contributed by atoms with E-state index in [1.54, 1.807) is 14.0 Å². The van der Waals surface area contributed by atoms with Gasteiger partial charge in [-0.3, -0.25) is 0 Å². The molecule has 4 nitrogen and oxygen atoms in total. The molecule has 108 valence electrons. The molecule has 0 unspecified atom stereocenters. The summed E-state index contributed by atoms with van der Waals surface area (Å²) in [4.78, 5) is 7.46. The van der Waals surface area contributed by atoms with Crippen molar-refractivity contribution < 1.29 is 9.84 Å². The van der Waals surface area contributed by atoms with Gasteiger partial charge in [0.25, 0.3) is 0 Å². The van der Waals surface area contributed by atoms with Crippen molar-refractivity contribution in [2.75, 3.05) is 7.11 Å². The van der Waals surface area contributed by atoms with Crippen LogP contribution in [-0.2, 0) is 0 Å². The number of ether oxygens (including phenoxy) is 1. The average Bonchev–Trinajstić information content (AvgIpc) is 2.90. The van der Waals surface area contributed by atoms with Crippen molar-refractivity contribution in [3.63, 3.8) is 0 Å². The van der Waals surface area contributed by atoms with Gasteiger partial charge in [0, 0.05) is 5.56 Å². The summed E-state index contributed by atoms with van der Waals surface area (Å²) in [7, 11) is 1.62.